The van der Waals surface area contributed by atoms with Crippen LogP contribution < -0.4 is 5.32 Å². The quantitative estimate of drug-likeness (QED) is 0.856. The molecule has 7 heteroatoms. The highest BCUT2D eigenvalue weighted by Crippen LogP contribution is 2.25. The number of carbonyl (C=O) groups is 2. The molecule has 1 unspecified atom stereocenters. The minimum Gasteiger partial charge on any atom is -0.469 e. The van der Waals surface area contributed by atoms with Crippen molar-refractivity contribution in [1.82, 2.24) is 10.5 Å². The van der Waals surface area contributed by atoms with Gasteiger partial charge in [-0.15, -0.1) is 0 Å². The zero-order chi connectivity index (χ0) is 16.1. The molecule has 6 nitrogen and oxygen atoms in total. The highest BCUT2D eigenvalue weighted by Gasteiger charge is 2.23. The third-order valence-corrected chi connectivity index (χ3v) is 3.39. The minimum absolute atomic E-state index is 0.0389. The standard InChI is InChI=1S/C15H15ClN2O4/c1-9-7-13(18-22-9)15(20)17-12(8-14(19)21-2)10-5-3-4-6-11(10)16/h3-7,12H,8H2,1-2H3,(H,17,20). The number of ether oxygens (including phenoxy) is 1. The van der Waals surface area contributed by atoms with Crippen molar-refractivity contribution >= 4 is 23.5 Å². The van der Waals surface area contributed by atoms with Crippen molar-refractivity contribution in [2.75, 3.05) is 7.11 Å². The Bertz CT molecular complexity index is 684. The second-order valence-electron chi connectivity index (χ2n) is 4.65. The Morgan fingerprint density at radius 3 is 2.73 bits per heavy atom. The van der Waals surface area contributed by atoms with Crippen LogP contribution in [0.2, 0.25) is 5.02 Å². The van der Waals surface area contributed by atoms with Gasteiger partial charge in [0.25, 0.3) is 5.91 Å². The number of amides is 1. The molecule has 22 heavy (non-hydrogen) atoms. The summed E-state index contributed by atoms with van der Waals surface area (Å²) in [5.74, 6) is -0.389. The van der Waals surface area contributed by atoms with Crippen molar-refractivity contribution in [3.63, 3.8) is 0 Å². The van der Waals surface area contributed by atoms with Crippen LogP contribution in [0.3, 0.4) is 0 Å². The fraction of sp³-hybridized carbons (Fsp3) is 0.267. The van der Waals surface area contributed by atoms with Gasteiger partial charge < -0.3 is 14.6 Å². The fourth-order valence-corrected chi connectivity index (χ4v) is 2.22. The molecule has 1 aromatic carbocycles. The molecule has 0 saturated carbocycles. The summed E-state index contributed by atoms with van der Waals surface area (Å²) in [6.45, 7) is 1.68. The molecule has 0 aliphatic rings. The highest BCUT2D eigenvalue weighted by atomic mass is 35.5. The van der Waals surface area contributed by atoms with Crippen LogP contribution in [0.15, 0.2) is 34.9 Å². The van der Waals surface area contributed by atoms with Gasteiger partial charge in [0, 0.05) is 11.1 Å². The molecule has 0 saturated heterocycles. The lowest BCUT2D eigenvalue weighted by molar-refractivity contribution is -0.141. The van der Waals surface area contributed by atoms with Crippen molar-refractivity contribution in [1.29, 1.82) is 0 Å². The lowest BCUT2D eigenvalue weighted by atomic mass is 10.0. The maximum atomic E-state index is 12.2. The zero-order valence-corrected chi connectivity index (χ0v) is 12.9. The second kappa shape index (κ2) is 7.09. The molecule has 0 fully saturated rings. The third kappa shape index (κ3) is 3.85. The van der Waals surface area contributed by atoms with Crippen LogP contribution in [-0.4, -0.2) is 24.1 Å². The van der Waals surface area contributed by atoms with Gasteiger partial charge in [0.05, 0.1) is 19.6 Å². The van der Waals surface area contributed by atoms with Crippen molar-refractivity contribution < 1.29 is 18.8 Å². The number of nitrogens with zero attached hydrogens (tertiary/aromatic N) is 1. The smallest absolute Gasteiger partial charge is 0.307 e. The molecule has 1 amide bonds. The summed E-state index contributed by atoms with van der Waals surface area (Å²) in [6, 6.07) is 7.86. The van der Waals surface area contributed by atoms with E-state index in [-0.39, 0.29) is 12.1 Å². The van der Waals surface area contributed by atoms with Gasteiger partial charge in [-0.3, -0.25) is 9.59 Å². The second-order valence-corrected chi connectivity index (χ2v) is 5.06. The molecule has 0 radical (unpaired) electrons. The average molecular weight is 323 g/mol. The van der Waals surface area contributed by atoms with Crippen molar-refractivity contribution in [2.45, 2.75) is 19.4 Å². The van der Waals surface area contributed by atoms with Crippen molar-refractivity contribution in [3.8, 4) is 0 Å². The molecule has 1 atom stereocenters. The molecule has 116 valence electrons. The SMILES string of the molecule is COC(=O)CC(NC(=O)c1cc(C)on1)c1ccccc1Cl. The van der Waals surface area contributed by atoms with Crippen LogP contribution in [0.25, 0.3) is 0 Å². The molecule has 1 aromatic heterocycles. The van der Waals surface area contributed by atoms with E-state index in [0.717, 1.165) is 0 Å². The number of methoxy groups -OCH3 is 1. The number of aryl methyl sites for hydroxylation is 1. The lowest BCUT2D eigenvalue weighted by Crippen LogP contribution is -2.30. The number of aromatic nitrogens is 1. The number of esters is 1. The van der Waals surface area contributed by atoms with Gasteiger partial charge in [-0.1, -0.05) is 35.0 Å². The molecule has 2 aromatic rings. The monoisotopic (exact) mass is 322 g/mol. The van der Waals surface area contributed by atoms with E-state index in [1.54, 1.807) is 31.2 Å². The van der Waals surface area contributed by atoms with Gasteiger partial charge in [0.15, 0.2) is 5.69 Å². The molecule has 1 N–H and O–H groups in total. The average Bonchev–Trinajstić information content (AvgIpc) is 2.93. The van der Waals surface area contributed by atoms with E-state index >= 15 is 0 Å². The molecule has 0 aliphatic heterocycles. The van der Waals surface area contributed by atoms with Crippen LogP contribution >= 0.6 is 11.6 Å². The number of carbonyl (C=O) groups excluding carboxylic acids is 2. The molecular weight excluding hydrogens is 308 g/mol. The number of hydrogen-bond donors (Lipinski definition) is 1. The summed E-state index contributed by atoms with van der Waals surface area (Å²) >= 11 is 6.14. The number of nitrogens with one attached hydrogen (secondary N) is 1. The van der Waals surface area contributed by atoms with Gasteiger partial charge in [-0.05, 0) is 18.6 Å². The summed E-state index contributed by atoms with van der Waals surface area (Å²) in [4.78, 5) is 23.8. The van der Waals surface area contributed by atoms with E-state index in [0.29, 0.717) is 16.3 Å². The Kier molecular flexibility index (Phi) is 5.16. The van der Waals surface area contributed by atoms with E-state index < -0.39 is 17.9 Å². The summed E-state index contributed by atoms with van der Waals surface area (Å²) in [6.07, 6.45) is -0.0389. The number of halogens is 1. The first kappa shape index (κ1) is 16.0. The van der Waals surface area contributed by atoms with E-state index in [2.05, 4.69) is 15.2 Å². The van der Waals surface area contributed by atoms with Crippen LogP contribution in [0.5, 0.6) is 0 Å². The predicted octanol–water partition coefficient (Wildman–Crippen LogP) is 2.67. The van der Waals surface area contributed by atoms with Gasteiger partial charge in [-0.2, -0.15) is 0 Å². The Balaban J connectivity index is 2.23. The fourth-order valence-electron chi connectivity index (χ4n) is 1.95. The summed E-state index contributed by atoms with van der Waals surface area (Å²) < 4.78 is 9.54. The first-order valence-electron chi connectivity index (χ1n) is 6.56. The topological polar surface area (TPSA) is 81.4 Å². The Labute approximate surface area is 132 Å². The highest BCUT2D eigenvalue weighted by molar-refractivity contribution is 6.31. The van der Waals surface area contributed by atoms with Crippen LogP contribution in [-0.2, 0) is 9.53 Å². The van der Waals surface area contributed by atoms with E-state index in [4.69, 9.17) is 16.1 Å². The first-order chi connectivity index (χ1) is 10.5. The Morgan fingerprint density at radius 2 is 2.14 bits per heavy atom. The zero-order valence-electron chi connectivity index (χ0n) is 12.1. The summed E-state index contributed by atoms with van der Waals surface area (Å²) in [7, 11) is 1.29. The molecule has 0 spiro atoms. The van der Waals surface area contributed by atoms with Crippen LogP contribution in [0.4, 0.5) is 0 Å². The van der Waals surface area contributed by atoms with Crippen molar-refractivity contribution in [2.24, 2.45) is 0 Å². The molecule has 0 bridgehead atoms. The number of rotatable bonds is 5. The minimum atomic E-state index is -0.620. The molecular formula is C15H15ClN2O4. The third-order valence-electron chi connectivity index (χ3n) is 3.05. The lowest BCUT2D eigenvalue weighted by Gasteiger charge is -2.18. The van der Waals surface area contributed by atoms with E-state index in [9.17, 15) is 9.59 Å². The van der Waals surface area contributed by atoms with Gasteiger partial charge in [0.2, 0.25) is 0 Å². The largest absolute Gasteiger partial charge is 0.469 e. The summed E-state index contributed by atoms with van der Waals surface area (Å²) in [5, 5.41) is 6.82. The van der Waals surface area contributed by atoms with Gasteiger partial charge >= 0.3 is 5.97 Å². The van der Waals surface area contributed by atoms with Gasteiger partial charge in [0.1, 0.15) is 5.76 Å². The molecule has 0 aliphatic carbocycles. The molecule has 1 heterocycles. The molecule has 2 rings (SSSR count). The van der Waals surface area contributed by atoms with E-state index in [1.807, 2.05) is 0 Å². The first-order valence-corrected chi connectivity index (χ1v) is 6.94. The van der Waals surface area contributed by atoms with E-state index in [1.165, 1.54) is 13.2 Å². The number of hydrogen-bond acceptors (Lipinski definition) is 5. The van der Waals surface area contributed by atoms with Crippen molar-refractivity contribution in [3.05, 3.63) is 52.4 Å². The maximum absolute atomic E-state index is 12.2. The predicted molar refractivity (Wildman–Crippen MR) is 79.5 cm³/mol. The Hall–Kier alpha value is -2.34. The van der Waals surface area contributed by atoms with Crippen LogP contribution in [0.1, 0.15) is 34.3 Å². The normalized spacial score (nSPS) is 11.8. The number of benzene rings is 1. The maximum Gasteiger partial charge on any atom is 0.307 e. The Morgan fingerprint density at radius 1 is 1.41 bits per heavy atom. The summed E-state index contributed by atoms with van der Waals surface area (Å²) in [5.41, 5.74) is 0.766. The van der Waals surface area contributed by atoms with Gasteiger partial charge in [-0.25, -0.2) is 0 Å². The van der Waals surface area contributed by atoms with Crippen LogP contribution in [0, 0.1) is 6.92 Å².